The quantitative estimate of drug-likeness (QED) is 0.530. The summed E-state index contributed by atoms with van der Waals surface area (Å²) in [5.74, 6) is -0.792. The Labute approximate surface area is 166 Å². The van der Waals surface area contributed by atoms with Gasteiger partial charge in [0.05, 0.1) is 11.2 Å². The fraction of sp³-hybridized carbons (Fsp3) is 0.0909. The van der Waals surface area contributed by atoms with Gasteiger partial charge in [0, 0.05) is 22.7 Å². The number of pyridine rings is 1. The first kappa shape index (κ1) is 18.5. The number of benzene rings is 2. The molecular formula is C22H17FN4O2. The summed E-state index contributed by atoms with van der Waals surface area (Å²) in [6, 6.07) is 14.4. The Morgan fingerprint density at radius 1 is 1.07 bits per heavy atom. The molecule has 2 aromatic carbocycles. The predicted molar refractivity (Wildman–Crippen MR) is 109 cm³/mol. The van der Waals surface area contributed by atoms with E-state index in [2.05, 4.69) is 20.3 Å². The van der Waals surface area contributed by atoms with Crippen molar-refractivity contribution in [2.75, 3.05) is 11.9 Å². The van der Waals surface area contributed by atoms with Crippen LogP contribution in [-0.4, -0.2) is 32.6 Å². The molecule has 0 aliphatic carbocycles. The molecule has 4 aromatic rings. The van der Waals surface area contributed by atoms with Crippen LogP contribution < -0.4 is 5.32 Å². The molecule has 0 aliphatic heterocycles. The van der Waals surface area contributed by atoms with Crippen LogP contribution in [0.5, 0.6) is 0 Å². The Morgan fingerprint density at radius 2 is 1.90 bits per heavy atom. The number of aliphatic carboxylic acids is 1. The van der Waals surface area contributed by atoms with E-state index in [-0.39, 0.29) is 12.4 Å². The first-order chi connectivity index (χ1) is 14.0. The zero-order valence-corrected chi connectivity index (χ0v) is 15.6. The first-order valence-electron chi connectivity index (χ1n) is 8.95. The number of anilines is 1. The van der Waals surface area contributed by atoms with Crippen LogP contribution in [0.1, 0.15) is 5.56 Å². The van der Waals surface area contributed by atoms with Gasteiger partial charge in [-0.25, -0.2) is 14.4 Å². The minimum absolute atomic E-state index is 0.247. The van der Waals surface area contributed by atoms with Crippen molar-refractivity contribution in [2.45, 2.75) is 6.92 Å². The van der Waals surface area contributed by atoms with Gasteiger partial charge in [0.25, 0.3) is 0 Å². The van der Waals surface area contributed by atoms with Gasteiger partial charge in [-0.1, -0.05) is 12.1 Å². The van der Waals surface area contributed by atoms with Crippen LogP contribution in [0.25, 0.3) is 33.3 Å². The molecule has 0 spiro atoms. The molecule has 0 amide bonds. The predicted octanol–water partition coefficient (Wildman–Crippen LogP) is 4.30. The maximum absolute atomic E-state index is 13.7. The van der Waals surface area contributed by atoms with E-state index >= 15 is 0 Å². The molecule has 2 N–H and O–H groups in total. The molecule has 144 valence electrons. The van der Waals surface area contributed by atoms with Gasteiger partial charge < -0.3 is 10.4 Å². The molecule has 0 unspecified atom stereocenters. The highest BCUT2D eigenvalue weighted by molar-refractivity contribution is 5.94. The summed E-state index contributed by atoms with van der Waals surface area (Å²) in [5, 5.41) is 12.5. The molecule has 0 fully saturated rings. The summed E-state index contributed by atoms with van der Waals surface area (Å²) in [6.07, 6.45) is 3.09. The van der Waals surface area contributed by atoms with Crippen LogP contribution in [-0.2, 0) is 4.79 Å². The molecule has 6 nitrogen and oxygen atoms in total. The number of nitrogens with one attached hydrogen (secondary N) is 1. The third-order valence-corrected chi connectivity index (χ3v) is 4.59. The van der Waals surface area contributed by atoms with Crippen molar-refractivity contribution in [3.63, 3.8) is 0 Å². The second kappa shape index (κ2) is 7.63. The molecule has 0 saturated heterocycles. The van der Waals surface area contributed by atoms with Crippen LogP contribution in [0.4, 0.5) is 10.2 Å². The van der Waals surface area contributed by atoms with Crippen molar-refractivity contribution in [1.82, 2.24) is 15.0 Å². The SMILES string of the molecule is Cc1cc(-c2ncccc2-c2ccc3ncnc(NCC(=O)O)c3c2)ccc1F. The highest BCUT2D eigenvalue weighted by Gasteiger charge is 2.12. The van der Waals surface area contributed by atoms with E-state index in [1.165, 1.54) is 12.4 Å². The minimum Gasteiger partial charge on any atom is -0.480 e. The number of aryl methyl sites for hydroxylation is 1. The lowest BCUT2D eigenvalue weighted by Gasteiger charge is -2.12. The van der Waals surface area contributed by atoms with Crippen LogP contribution in [0.2, 0.25) is 0 Å². The van der Waals surface area contributed by atoms with E-state index < -0.39 is 5.97 Å². The lowest BCUT2D eigenvalue weighted by molar-refractivity contribution is -0.134. The van der Waals surface area contributed by atoms with Crippen LogP contribution in [0, 0.1) is 12.7 Å². The van der Waals surface area contributed by atoms with Gasteiger partial charge in [0.1, 0.15) is 24.5 Å². The zero-order chi connectivity index (χ0) is 20.4. The smallest absolute Gasteiger partial charge is 0.322 e. The molecule has 0 saturated carbocycles. The van der Waals surface area contributed by atoms with Gasteiger partial charge in [-0.2, -0.15) is 0 Å². The Morgan fingerprint density at radius 3 is 2.69 bits per heavy atom. The number of carboxylic acids is 1. The van der Waals surface area contributed by atoms with Crippen LogP contribution >= 0.6 is 0 Å². The van der Waals surface area contributed by atoms with E-state index in [1.54, 1.807) is 25.3 Å². The average molecular weight is 388 g/mol. The molecule has 2 aromatic heterocycles. The van der Waals surface area contributed by atoms with Crippen molar-refractivity contribution >= 4 is 22.7 Å². The lowest BCUT2D eigenvalue weighted by Crippen LogP contribution is -2.13. The van der Waals surface area contributed by atoms with Gasteiger partial charge in [0.15, 0.2) is 0 Å². The number of rotatable bonds is 5. The van der Waals surface area contributed by atoms with Crippen molar-refractivity contribution in [1.29, 1.82) is 0 Å². The van der Waals surface area contributed by atoms with E-state index in [9.17, 15) is 9.18 Å². The molecule has 2 heterocycles. The summed E-state index contributed by atoms with van der Waals surface area (Å²) in [5.41, 5.74) is 4.52. The topological polar surface area (TPSA) is 88.0 Å². The fourth-order valence-corrected chi connectivity index (χ4v) is 3.18. The molecule has 0 radical (unpaired) electrons. The van der Waals surface area contributed by atoms with Gasteiger partial charge in [-0.05, 0) is 54.4 Å². The number of hydrogen-bond acceptors (Lipinski definition) is 5. The molecular weight excluding hydrogens is 371 g/mol. The van der Waals surface area contributed by atoms with Crippen molar-refractivity contribution in [3.8, 4) is 22.4 Å². The van der Waals surface area contributed by atoms with E-state index in [1.807, 2.05) is 30.3 Å². The Balaban J connectivity index is 1.84. The van der Waals surface area contributed by atoms with E-state index in [0.29, 0.717) is 22.3 Å². The lowest BCUT2D eigenvalue weighted by atomic mass is 9.97. The van der Waals surface area contributed by atoms with Gasteiger partial charge in [-0.15, -0.1) is 0 Å². The average Bonchev–Trinajstić information content (AvgIpc) is 2.74. The number of carbonyl (C=O) groups is 1. The Kier molecular flexibility index (Phi) is 4.87. The monoisotopic (exact) mass is 388 g/mol. The molecule has 4 rings (SSSR count). The summed E-state index contributed by atoms with van der Waals surface area (Å²) in [7, 11) is 0. The highest BCUT2D eigenvalue weighted by atomic mass is 19.1. The maximum Gasteiger partial charge on any atom is 0.322 e. The largest absolute Gasteiger partial charge is 0.480 e. The summed E-state index contributed by atoms with van der Waals surface area (Å²) in [4.78, 5) is 23.8. The van der Waals surface area contributed by atoms with Crippen LogP contribution in [0.3, 0.4) is 0 Å². The molecule has 7 heteroatoms. The third-order valence-electron chi connectivity index (χ3n) is 4.59. The molecule has 29 heavy (non-hydrogen) atoms. The van der Waals surface area contributed by atoms with Gasteiger partial charge in [-0.3, -0.25) is 9.78 Å². The zero-order valence-electron chi connectivity index (χ0n) is 15.6. The van der Waals surface area contributed by atoms with Gasteiger partial charge >= 0.3 is 5.97 Å². The second-order valence-corrected chi connectivity index (χ2v) is 6.57. The fourth-order valence-electron chi connectivity index (χ4n) is 3.18. The van der Waals surface area contributed by atoms with Crippen molar-refractivity contribution < 1.29 is 14.3 Å². The number of halogens is 1. The minimum atomic E-state index is -0.978. The number of carboxylic acid groups (broad SMARTS) is 1. The number of fused-ring (bicyclic) bond motifs is 1. The highest BCUT2D eigenvalue weighted by Crippen LogP contribution is 2.33. The van der Waals surface area contributed by atoms with Crippen molar-refractivity contribution in [2.24, 2.45) is 0 Å². The molecule has 0 bridgehead atoms. The molecule has 0 atom stereocenters. The first-order valence-corrected chi connectivity index (χ1v) is 8.95. The number of nitrogens with zero attached hydrogens (tertiary/aromatic N) is 3. The number of aromatic nitrogens is 3. The summed E-state index contributed by atoms with van der Waals surface area (Å²) >= 11 is 0. The van der Waals surface area contributed by atoms with E-state index in [4.69, 9.17) is 5.11 Å². The Hall–Kier alpha value is -3.87. The molecule has 0 aliphatic rings. The van der Waals surface area contributed by atoms with Gasteiger partial charge in [0.2, 0.25) is 0 Å². The van der Waals surface area contributed by atoms with Crippen LogP contribution in [0.15, 0.2) is 61.1 Å². The second-order valence-electron chi connectivity index (χ2n) is 6.57. The Bertz CT molecular complexity index is 1230. The van der Waals surface area contributed by atoms with E-state index in [0.717, 1.165) is 22.4 Å². The third kappa shape index (κ3) is 3.75. The normalized spacial score (nSPS) is 10.8. The number of hydrogen-bond donors (Lipinski definition) is 2. The van der Waals surface area contributed by atoms with Crippen molar-refractivity contribution in [3.05, 3.63) is 72.4 Å². The summed E-state index contributed by atoms with van der Waals surface area (Å²) < 4.78 is 13.7. The maximum atomic E-state index is 13.7. The standard InChI is InChI=1S/C22H17FN4O2/c1-13-9-15(4-6-18(13)23)21-16(3-2-8-24-21)14-5-7-19-17(10-14)22(27-12-26-19)25-11-20(28)29/h2-10,12H,11H2,1H3,(H,28,29)(H,25,26,27). The summed E-state index contributed by atoms with van der Waals surface area (Å²) in [6.45, 7) is 1.47.